The molecule has 2 fully saturated rings. The second-order valence-electron chi connectivity index (χ2n) is 10.1. The zero-order valence-electron chi connectivity index (χ0n) is 20.0. The molecule has 8 nitrogen and oxygen atoms in total. The van der Waals surface area contributed by atoms with E-state index >= 15 is 0 Å². The topological polar surface area (TPSA) is 90.4 Å². The largest absolute Gasteiger partial charge is 0.394 e. The molecule has 4 aliphatic rings. The van der Waals surface area contributed by atoms with Gasteiger partial charge >= 0.3 is 0 Å². The number of benzene rings is 1. The van der Waals surface area contributed by atoms with Crippen molar-refractivity contribution in [3.05, 3.63) is 53.6 Å². The van der Waals surface area contributed by atoms with Gasteiger partial charge in [-0.3, -0.25) is 14.4 Å². The van der Waals surface area contributed by atoms with E-state index in [0.29, 0.717) is 17.3 Å². The van der Waals surface area contributed by atoms with Crippen LogP contribution in [0.3, 0.4) is 0 Å². The highest BCUT2D eigenvalue weighted by atomic mass is 35.5. The van der Waals surface area contributed by atoms with Gasteiger partial charge in [-0.15, -0.1) is 0 Å². The first kappa shape index (κ1) is 24.0. The van der Waals surface area contributed by atoms with Gasteiger partial charge in [0.05, 0.1) is 30.6 Å². The SMILES string of the molecule is CC(C)[C@H](CO)N1C(=O)[C@@H]2[C@@H]3C(=O)N(C)CC=C[C@@H]3O[C@@]23C=CCN(c2ccc(Cl)cc2)C(=O)C13. The summed E-state index contributed by atoms with van der Waals surface area (Å²) in [4.78, 5) is 46.5. The Kier molecular flexibility index (Phi) is 6.02. The van der Waals surface area contributed by atoms with E-state index in [9.17, 15) is 19.5 Å². The smallest absolute Gasteiger partial charge is 0.253 e. The minimum atomic E-state index is -1.31. The molecule has 1 unspecified atom stereocenters. The summed E-state index contributed by atoms with van der Waals surface area (Å²) < 4.78 is 6.57. The van der Waals surface area contributed by atoms with Gasteiger partial charge in [0.25, 0.3) is 5.91 Å². The number of rotatable bonds is 4. The van der Waals surface area contributed by atoms with Gasteiger partial charge in [-0.2, -0.15) is 0 Å². The first-order valence-electron chi connectivity index (χ1n) is 12.0. The summed E-state index contributed by atoms with van der Waals surface area (Å²) >= 11 is 6.07. The molecule has 6 atom stereocenters. The van der Waals surface area contributed by atoms with E-state index in [4.69, 9.17) is 16.3 Å². The highest BCUT2D eigenvalue weighted by Gasteiger charge is 2.72. The van der Waals surface area contributed by atoms with Crippen molar-refractivity contribution in [3.63, 3.8) is 0 Å². The van der Waals surface area contributed by atoms with Crippen LogP contribution < -0.4 is 4.90 Å². The van der Waals surface area contributed by atoms with Gasteiger partial charge in [0, 0.05) is 30.8 Å². The summed E-state index contributed by atoms with van der Waals surface area (Å²) in [7, 11) is 1.70. The highest BCUT2D eigenvalue weighted by molar-refractivity contribution is 6.30. The van der Waals surface area contributed by atoms with E-state index in [-0.39, 0.29) is 36.8 Å². The monoisotopic (exact) mass is 499 g/mol. The summed E-state index contributed by atoms with van der Waals surface area (Å²) in [5, 5.41) is 10.8. The Morgan fingerprint density at radius 1 is 1.09 bits per heavy atom. The fourth-order valence-corrected chi connectivity index (χ4v) is 6.16. The zero-order chi connectivity index (χ0) is 25.1. The number of amides is 3. The first-order chi connectivity index (χ1) is 16.7. The van der Waals surface area contributed by atoms with Gasteiger partial charge in [-0.05, 0) is 30.2 Å². The quantitative estimate of drug-likeness (QED) is 0.639. The van der Waals surface area contributed by atoms with Crippen molar-refractivity contribution in [2.24, 2.45) is 17.8 Å². The molecular formula is C26H30ClN3O5. The Morgan fingerprint density at radius 3 is 2.46 bits per heavy atom. The molecule has 1 aromatic carbocycles. The lowest BCUT2D eigenvalue weighted by molar-refractivity contribution is -0.147. The second-order valence-corrected chi connectivity index (χ2v) is 10.5. The molecular weight excluding hydrogens is 470 g/mol. The molecule has 9 heteroatoms. The molecule has 1 spiro atoms. The number of hydrogen-bond donors (Lipinski definition) is 1. The average molecular weight is 500 g/mol. The predicted octanol–water partition coefficient (Wildman–Crippen LogP) is 1.87. The van der Waals surface area contributed by atoms with Gasteiger partial charge in [0.1, 0.15) is 11.6 Å². The van der Waals surface area contributed by atoms with Crippen molar-refractivity contribution in [2.75, 3.05) is 31.6 Å². The fraction of sp³-hybridized carbons (Fsp3) is 0.500. The number of ether oxygens (including phenoxy) is 1. The Hall–Kier alpha value is -2.68. The average Bonchev–Trinajstić information content (AvgIpc) is 3.14. The van der Waals surface area contributed by atoms with Crippen LogP contribution in [0.15, 0.2) is 48.6 Å². The molecule has 0 aromatic heterocycles. The van der Waals surface area contributed by atoms with Crippen LogP contribution in [0.1, 0.15) is 13.8 Å². The number of hydrogen-bond acceptors (Lipinski definition) is 5. The van der Waals surface area contributed by atoms with Crippen LogP contribution >= 0.6 is 11.6 Å². The number of anilines is 1. The summed E-state index contributed by atoms with van der Waals surface area (Å²) in [5.41, 5.74) is -0.671. The van der Waals surface area contributed by atoms with Crippen molar-refractivity contribution in [1.82, 2.24) is 9.80 Å². The summed E-state index contributed by atoms with van der Waals surface area (Å²) in [6.45, 7) is 4.21. The lowest BCUT2D eigenvalue weighted by Gasteiger charge is -2.39. The van der Waals surface area contributed by atoms with E-state index in [1.807, 2.05) is 32.1 Å². The third-order valence-corrected chi connectivity index (χ3v) is 8.00. The molecule has 3 amide bonds. The minimum absolute atomic E-state index is 0.118. The van der Waals surface area contributed by atoms with E-state index in [1.165, 1.54) is 4.90 Å². The van der Waals surface area contributed by atoms with Gasteiger partial charge in [0.15, 0.2) is 0 Å². The number of halogens is 1. The molecule has 186 valence electrons. The molecule has 0 saturated carbocycles. The van der Waals surface area contributed by atoms with E-state index in [1.54, 1.807) is 47.2 Å². The fourth-order valence-electron chi connectivity index (χ4n) is 6.03. The van der Waals surface area contributed by atoms with Crippen LogP contribution in [0.25, 0.3) is 0 Å². The number of likely N-dealkylation sites (N-methyl/N-ethyl adjacent to an activating group) is 1. The Labute approximate surface area is 209 Å². The molecule has 5 rings (SSSR count). The van der Waals surface area contributed by atoms with Crippen molar-refractivity contribution < 1.29 is 24.2 Å². The van der Waals surface area contributed by atoms with Crippen LogP contribution in [0, 0.1) is 17.8 Å². The third-order valence-electron chi connectivity index (χ3n) is 7.75. The van der Waals surface area contributed by atoms with Crippen molar-refractivity contribution >= 4 is 35.0 Å². The van der Waals surface area contributed by atoms with Crippen molar-refractivity contribution in [2.45, 2.75) is 37.6 Å². The number of fused-ring (bicyclic) bond motifs is 2. The van der Waals surface area contributed by atoms with E-state index in [0.717, 1.165) is 0 Å². The number of aliphatic hydroxyl groups excluding tert-OH is 1. The van der Waals surface area contributed by atoms with E-state index < -0.39 is 35.6 Å². The maximum Gasteiger partial charge on any atom is 0.253 e. The normalized spacial score (nSPS) is 33.1. The van der Waals surface area contributed by atoms with Crippen LogP contribution in [-0.2, 0) is 19.1 Å². The van der Waals surface area contributed by atoms with Gasteiger partial charge in [0.2, 0.25) is 11.8 Å². The van der Waals surface area contributed by atoms with Gasteiger partial charge in [-0.25, -0.2) is 0 Å². The molecule has 4 aliphatic heterocycles. The Morgan fingerprint density at radius 2 is 1.80 bits per heavy atom. The third kappa shape index (κ3) is 3.53. The summed E-state index contributed by atoms with van der Waals surface area (Å²) in [6, 6.07) is 5.32. The molecule has 0 aliphatic carbocycles. The van der Waals surface area contributed by atoms with Gasteiger partial charge < -0.3 is 24.5 Å². The highest BCUT2D eigenvalue weighted by Crippen LogP contribution is 2.54. The first-order valence-corrected chi connectivity index (χ1v) is 12.4. The lowest BCUT2D eigenvalue weighted by atomic mass is 9.77. The number of nitrogens with zero attached hydrogens (tertiary/aromatic N) is 3. The molecule has 0 bridgehead atoms. The zero-order valence-corrected chi connectivity index (χ0v) is 20.8. The maximum atomic E-state index is 14.3. The lowest BCUT2D eigenvalue weighted by Crippen LogP contribution is -2.59. The summed E-state index contributed by atoms with van der Waals surface area (Å²) in [5.74, 6) is -2.55. The standard InChI is InChI=1S/C26H30ClN3O5/c1-15(2)18(14-31)30-22-25(34)29(17-9-7-16(27)8-10-17)13-5-11-26(22)21(24(30)33)20-19(35-26)6-4-12-28(3)23(20)32/h4-11,15,18-22,31H,12-14H2,1-3H3/t18-,19-,20+,21-,22?,26-/m0/s1. The molecule has 1 aromatic rings. The number of carbonyl (C=O) groups excluding carboxylic acids is 3. The Balaban J connectivity index is 1.66. The molecule has 0 radical (unpaired) electrons. The molecule has 1 N–H and O–H groups in total. The number of aliphatic hydroxyl groups is 1. The van der Waals surface area contributed by atoms with Crippen LogP contribution in [-0.4, -0.2) is 83.2 Å². The second kappa shape index (κ2) is 8.76. The van der Waals surface area contributed by atoms with Crippen molar-refractivity contribution in [1.29, 1.82) is 0 Å². The predicted molar refractivity (Wildman–Crippen MR) is 131 cm³/mol. The van der Waals surface area contributed by atoms with E-state index in [2.05, 4.69) is 0 Å². The maximum absolute atomic E-state index is 14.3. The minimum Gasteiger partial charge on any atom is -0.394 e. The van der Waals surface area contributed by atoms with Crippen molar-refractivity contribution in [3.8, 4) is 0 Å². The van der Waals surface area contributed by atoms with Gasteiger partial charge in [-0.1, -0.05) is 49.8 Å². The number of carbonyl (C=O) groups is 3. The van der Waals surface area contributed by atoms with Crippen LogP contribution in [0.4, 0.5) is 5.69 Å². The van der Waals surface area contributed by atoms with Crippen LogP contribution in [0.2, 0.25) is 5.02 Å². The summed E-state index contributed by atoms with van der Waals surface area (Å²) in [6.07, 6.45) is 6.73. The molecule has 2 saturated heterocycles. The molecule has 4 heterocycles. The van der Waals surface area contributed by atoms with Crippen LogP contribution in [0.5, 0.6) is 0 Å². The Bertz CT molecular complexity index is 1100. The number of likely N-dealkylation sites (tertiary alicyclic amines) is 1. The molecule has 35 heavy (non-hydrogen) atoms.